The molecule has 2 rings (SSSR count). The lowest BCUT2D eigenvalue weighted by molar-refractivity contribution is 0.183. The lowest BCUT2D eigenvalue weighted by Gasteiger charge is -2.13. The van der Waals surface area contributed by atoms with Crippen molar-refractivity contribution in [3.8, 4) is 0 Å². The van der Waals surface area contributed by atoms with E-state index in [1.165, 1.54) is 5.56 Å². The average molecular weight is 275 g/mol. The minimum Gasteiger partial charge on any atom is -0.383 e. The standard InChI is InChI=1S/C12H22N4O.ClH/c1-10-6-15(9-12(10)13)7-11-5-14-16(8-11)3-4-17-2;/h5,8,10,12H,3-4,6-7,9,13H2,1-2H3;1H. The van der Waals surface area contributed by atoms with Gasteiger partial charge < -0.3 is 10.5 Å². The van der Waals surface area contributed by atoms with E-state index in [4.69, 9.17) is 10.5 Å². The fourth-order valence-electron chi connectivity index (χ4n) is 2.28. The lowest BCUT2D eigenvalue weighted by atomic mass is 10.1. The van der Waals surface area contributed by atoms with Crippen LogP contribution in [0.1, 0.15) is 12.5 Å². The van der Waals surface area contributed by atoms with Gasteiger partial charge in [0.05, 0.1) is 19.3 Å². The number of rotatable bonds is 5. The van der Waals surface area contributed by atoms with Crippen molar-refractivity contribution in [1.29, 1.82) is 0 Å². The van der Waals surface area contributed by atoms with Gasteiger partial charge in [-0.15, -0.1) is 12.4 Å². The summed E-state index contributed by atoms with van der Waals surface area (Å²) in [4.78, 5) is 2.40. The van der Waals surface area contributed by atoms with E-state index in [1.807, 2.05) is 10.9 Å². The first-order valence-corrected chi connectivity index (χ1v) is 6.17. The second-order valence-corrected chi connectivity index (χ2v) is 4.94. The molecule has 0 aliphatic carbocycles. The highest BCUT2D eigenvalue weighted by molar-refractivity contribution is 5.85. The van der Waals surface area contributed by atoms with Crippen molar-refractivity contribution in [2.45, 2.75) is 26.1 Å². The molecule has 0 saturated carbocycles. The molecule has 2 N–H and O–H groups in total. The summed E-state index contributed by atoms with van der Waals surface area (Å²) < 4.78 is 6.96. The number of hydrogen-bond donors (Lipinski definition) is 1. The minimum atomic E-state index is 0. The molecule has 5 nitrogen and oxygen atoms in total. The van der Waals surface area contributed by atoms with Crippen LogP contribution in [0.2, 0.25) is 0 Å². The van der Waals surface area contributed by atoms with E-state index in [-0.39, 0.29) is 12.4 Å². The van der Waals surface area contributed by atoms with Crippen molar-refractivity contribution in [3.05, 3.63) is 18.0 Å². The smallest absolute Gasteiger partial charge is 0.0658 e. The molecule has 2 heterocycles. The van der Waals surface area contributed by atoms with Gasteiger partial charge in [-0.3, -0.25) is 9.58 Å². The monoisotopic (exact) mass is 274 g/mol. The summed E-state index contributed by atoms with van der Waals surface area (Å²) in [6.07, 6.45) is 4.03. The van der Waals surface area contributed by atoms with Crippen LogP contribution < -0.4 is 5.73 Å². The number of aromatic nitrogens is 2. The van der Waals surface area contributed by atoms with Crippen molar-refractivity contribution < 1.29 is 4.74 Å². The highest BCUT2D eigenvalue weighted by atomic mass is 35.5. The molecular formula is C12H23ClN4O. The quantitative estimate of drug-likeness (QED) is 0.860. The van der Waals surface area contributed by atoms with E-state index in [2.05, 4.69) is 23.1 Å². The van der Waals surface area contributed by atoms with Gasteiger partial charge in [0.2, 0.25) is 0 Å². The van der Waals surface area contributed by atoms with E-state index in [1.54, 1.807) is 7.11 Å². The molecule has 104 valence electrons. The molecule has 6 heteroatoms. The van der Waals surface area contributed by atoms with Crippen LogP contribution in [0.4, 0.5) is 0 Å². The maximum atomic E-state index is 6.01. The fourth-order valence-corrected chi connectivity index (χ4v) is 2.28. The van der Waals surface area contributed by atoms with Crippen molar-refractivity contribution >= 4 is 12.4 Å². The van der Waals surface area contributed by atoms with Gasteiger partial charge >= 0.3 is 0 Å². The molecule has 1 saturated heterocycles. The number of nitrogens with zero attached hydrogens (tertiary/aromatic N) is 3. The molecule has 0 spiro atoms. The van der Waals surface area contributed by atoms with Crippen LogP contribution >= 0.6 is 12.4 Å². The predicted molar refractivity (Wildman–Crippen MR) is 73.8 cm³/mol. The number of hydrogen-bond acceptors (Lipinski definition) is 4. The molecule has 0 amide bonds. The SMILES string of the molecule is COCCn1cc(CN2CC(C)C(N)C2)cn1.Cl. The van der Waals surface area contributed by atoms with Crippen molar-refractivity contribution in [1.82, 2.24) is 14.7 Å². The molecule has 0 aromatic carbocycles. The molecule has 18 heavy (non-hydrogen) atoms. The molecule has 1 fully saturated rings. The number of halogens is 1. The van der Waals surface area contributed by atoms with Crippen LogP contribution in [0, 0.1) is 5.92 Å². The molecule has 1 aliphatic rings. The van der Waals surface area contributed by atoms with Crippen LogP contribution in [0.15, 0.2) is 12.4 Å². The van der Waals surface area contributed by atoms with Crippen molar-refractivity contribution in [3.63, 3.8) is 0 Å². The van der Waals surface area contributed by atoms with Gasteiger partial charge in [0.15, 0.2) is 0 Å². The molecule has 0 radical (unpaired) electrons. The lowest BCUT2D eigenvalue weighted by Crippen LogP contribution is -2.28. The predicted octanol–water partition coefficient (Wildman–Crippen LogP) is 0.730. The zero-order valence-corrected chi connectivity index (χ0v) is 11.9. The Bertz CT molecular complexity index is 348. The first-order chi connectivity index (χ1) is 8.19. The van der Waals surface area contributed by atoms with Gasteiger partial charge in [0, 0.05) is 44.5 Å². The van der Waals surface area contributed by atoms with Gasteiger partial charge in [-0.25, -0.2) is 0 Å². The van der Waals surface area contributed by atoms with E-state index < -0.39 is 0 Å². The molecule has 2 unspecified atom stereocenters. The Morgan fingerprint density at radius 3 is 2.89 bits per heavy atom. The Kier molecular flexibility index (Phi) is 6.08. The summed E-state index contributed by atoms with van der Waals surface area (Å²) in [5.74, 6) is 0.596. The van der Waals surface area contributed by atoms with Crippen LogP contribution in [-0.4, -0.2) is 47.5 Å². The van der Waals surface area contributed by atoms with E-state index in [0.717, 1.165) is 26.2 Å². The van der Waals surface area contributed by atoms with Gasteiger partial charge in [0.25, 0.3) is 0 Å². The van der Waals surface area contributed by atoms with E-state index in [9.17, 15) is 0 Å². The molecular weight excluding hydrogens is 252 g/mol. The maximum Gasteiger partial charge on any atom is 0.0658 e. The number of methoxy groups -OCH3 is 1. The highest BCUT2D eigenvalue weighted by Crippen LogP contribution is 2.16. The largest absolute Gasteiger partial charge is 0.383 e. The first kappa shape index (κ1) is 15.4. The third-order valence-electron chi connectivity index (χ3n) is 3.36. The Morgan fingerprint density at radius 1 is 1.50 bits per heavy atom. The van der Waals surface area contributed by atoms with Gasteiger partial charge in [-0.05, 0) is 5.92 Å². The Labute approximate surface area is 115 Å². The van der Waals surface area contributed by atoms with Gasteiger partial charge in [0.1, 0.15) is 0 Å². The molecule has 2 atom stereocenters. The molecule has 1 aliphatic heterocycles. The van der Waals surface area contributed by atoms with Crippen molar-refractivity contribution in [2.24, 2.45) is 11.7 Å². The van der Waals surface area contributed by atoms with Crippen LogP contribution in [0.3, 0.4) is 0 Å². The first-order valence-electron chi connectivity index (χ1n) is 6.17. The third kappa shape index (κ3) is 3.95. The molecule has 1 aromatic rings. The normalized spacial score (nSPS) is 24.2. The van der Waals surface area contributed by atoms with Gasteiger partial charge in [-0.1, -0.05) is 6.92 Å². The fraction of sp³-hybridized carbons (Fsp3) is 0.750. The van der Waals surface area contributed by atoms with Crippen LogP contribution in [0.5, 0.6) is 0 Å². The van der Waals surface area contributed by atoms with Crippen LogP contribution in [-0.2, 0) is 17.8 Å². The summed E-state index contributed by atoms with van der Waals surface area (Å²) >= 11 is 0. The van der Waals surface area contributed by atoms with Gasteiger partial charge in [-0.2, -0.15) is 5.10 Å². The molecule has 0 bridgehead atoms. The average Bonchev–Trinajstić information content (AvgIpc) is 2.85. The second-order valence-electron chi connectivity index (χ2n) is 4.94. The zero-order valence-electron chi connectivity index (χ0n) is 11.1. The van der Waals surface area contributed by atoms with E-state index >= 15 is 0 Å². The topological polar surface area (TPSA) is 56.3 Å². The van der Waals surface area contributed by atoms with Crippen molar-refractivity contribution in [2.75, 3.05) is 26.8 Å². The maximum absolute atomic E-state index is 6.01. The second kappa shape index (κ2) is 7.09. The minimum absolute atomic E-state index is 0. The van der Waals surface area contributed by atoms with Crippen LogP contribution in [0.25, 0.3) is 0 Å². The highest BCUT2D eigenvalue weighted by Gasteiger charge is 2.26. The Morgan fingerprint density at radius 2 is 2.28 bits per heavy atom. The Hall–Kier alpha value is -0.620. The summed E-state index contributed by atoms with van der Waals surface area (Å²) in [6.45, 7) is 6.76. The summed E-state index contributed by atoms with van der Waals surface area (Å²) in [7, 11) is 1.71. The summed E-state index contributed by atoms with van der Waals surface area (Å²) in [6, 6.07) is 0.318. The molecule has 1 aromatic heterocycles. The number of nitrogens with two attached hydrogens (primary N) is 1. The third-order valence-corrected chi connectivity index (χ3v) is 3.36. The number of likely N-dealkylation sites (tertiary alicyclic amines) is 1. The summed E-state index contributed by atoms with van der Waals surface area (Å²) in [5.41, 5.74) is 7.27. The Balaban J connectivity index is 0.00000162. The number of ether oxygens (including phenoxy) is 1. The van der Waals surface area contributed by atoms with E-state index in [0.29, 0.717) is 18.6 Å². The zero-order chi connectivity index (χ0) is 12.3. The summed E-state index contributed by atoms with van der Waals surface area (Å²) in [5, 5.41) is 4.31.